The second-order valence-electron chi connectivity index (χ2n) is 2.76. The minimum atomic E-state index is -0.907. The van der Waals surface area contributed by atoms with E-state index in [0.29, 0.717) is 5.69 Å². The molecule has 2 N–H and O–H groups in total. The zero-order valence-electron chi connectivity index (χ0n) is 7.91. The Balaban J connectivity index is 2.73. The highest BCUT2D eigenvalue weighted by molar-refractivity contribution is 5.77. The quantitative estimate of drug-likeness (QED) is 0.705. The molecule has 1 aromatic rings. The van der Waals surface area contributed by atoms with Gasteiger partial charge in [0.25, 0.3) is 0 Å². The van der Waals surface area contributed by atoms with Crippen molar-refractivity contribution in [3.8, 4) is 12.1 Å². The maximum Gasteiger partial charge on any atom is 0.164 e. The van der Waals surface area contributed by atoms with Crippen LogP contribution < -0.4 is 5.73 Å². The van der Waals surface area contributed by atoms with Gasteiger partial charge in [0.05, 0.1) is 17.8 Å². The number of nitrogens with two attached hydrogens (primary N) is 1. The lowest BCUT2D eigenvalue weighted by molar-refractivity contribution is 0.732. The molecule has 0 fully saturated rings. The van der Waals surface area contributed by atoms with Crippen molar-refractivity contribution in [2.24, 2.45) is 10.7 Å². The van der Waals surface area contributed by atoms with E-state index in [2.05, 4.69) is 9.98 Å². The van der Waals surface area contributed by atoms with E-state index in [4.69, 9.17) is 16.3 Å². The number of aromatic nitrogens is 1. The van der Waals surface area contributed by atoms with Crippen molar-refractivity contribution >= 4 is 6.21 Å². The second-order valence-corrected chi connectivity index (χ2v) is 2.76. The van der Waals surface area contributed by atoms with Crippen molar-refractivity contribution in [2.75, 3.05) is 0 Å². The summed E-state index contributed by atoms with van der Waals surface area (Å²) in [4.78, 5) is 7.87. The van der Waals surface area contributed by atoms with Gasteiger partial charge in [-0.15, -0.1) is 0 Å². The fraction of sp³-hybridized carbons (Fsp3) is 0.200. The maximum atomic E-state index is 8.69. The monoisotopic (exact) mass is 199 g/mol. The minimum absolute atomic E-state index is 0.628. The van der Waals surface area contributed by atoms with Gasteiger partial charge in [-0.1, -0.05) is 6.07 Å². The molecule has 0 aliphatic carbocycles. The van der Waals surface area contributed by atoms with E-state index in [9.17, 15) is 0 Å². The standard InChI is InChI=1S/C10H9N5/c11-5-9(13)10(6-12)15-7-8-3-1-2-4-14-8/h1-4,7,9-10H,13H2/b15-7+. The van der Waals surface area contributed by atoms with Crippen molar-refractivity contribution in [3.63, 3.8) is 0 Å². The molecule has 0 saturated heterocycles. The summed E-state index contributed by atoms with van der Waals surface area (Å²) in [6.07, 6.45) is 3.05. The molecule has 0 aliphatic heterocycles. The molecular weight excluding hydrogens is 190 g/mol. The van der Waals surface area contributed by atoms with Gasteiger partial charge in [-0.2, -0.15) is 10.5 Å². The average Bonchev–Trinajstić information content (AvgIpc) is 2.31. The molecule has 0 bridgehead atoms. The smallest absolute Gasteiger partial charge is 0.164 e. The van der Waals surface area contributed by atoms with Crippen molar-refractivity contribution in [1.29, 1.82) is 10.5 Å². The first-order chi connectivity index (χ1) is 7.27. The molecule has 1 rings (SSSR count). The Morgan fingerprint density at radius 3 is 2.73 bits per heavy atom. The zero-order chi connectivity index (χ0) is 11.1. The van der Waals surface area contributed by atoms with Gasteiger partial charge < -0.3 is 5.73 Å². The number of hydrogen-bond donors (Lipinski definition) is 1. The predicted molar refractivity (Wildman–Crippen MR) is 54.8 cm³/mol. The van der Waals surface area contributed by atoms with E-state index in [1.165, 1.54) is 6.21 Å². The van der Waals surface area contributed by atoms with Crippen LogP contribution in [0.4, 0.5) is 0 Å². The van der Waals surface area contributed by atoms with Crippen molar-refractivity contribution < 1.29 is 0 Å². The highest BCUT2D eigenvalue weighted by Crippen LogP contribution is 1.96. The molecule has 5 heteroatoms. The molecule has 15 heavy (non-hydrogen) atoms. The molecular formula is C10H9N5. The Morgan fingerprint density at radius 2 is 2.20 bits per heavy atom. The zero-order valence-corrected chi connectivity index (χ0v) is 7.91. The lowest BCUT2D eigenvalue weighted by Gasteiger charge is -2.03. The number of pyridine rings is 1. The highest BCUT2D eigenvalue weighted by atomic mass is 14.9. The van der Waals surface area contributed by atoms with Gasteiger partial charge >= 0.3 is 0 Å². The Labute approximate surface area is 87.5 Å². The predicted octanol–water partition coefficient (Wildman–Crippen LogP) is 0.244. The molecule has 0 aliphatic rings. The maximum absolute atomic E-state index is 8.69. The van der Waals surface area contributed by atoms with Crippen molar-refractivity contribution in [1.82, 2.24) is 4.98 Å². The van der Waals surface area contributed by atoms with Crippen LogP contribution in [0.1, 0.15) is 5.69 Å². The molecule has 2 unspecified atom stereocenters. The number of aliphatic imine (C=N–C) groups is 1. The molecule has 0 aromatic carbocycles. The summed E-state index contributed by atoms with van der Waals surface area (Å²) in [6, 6.07) is 7.19. The average molecular weight is 199 g/mol. The molecule has 1 aromatic heterocycles. The molecule has 2 atom stereocenters. The number of nitrogens with zero attached hydrogens (tertiary/aromatic N) is 4. The lowest BCUT2D eigenvalue weighted by Crippen LogP contribution is -2.30. The van der Waals surface area contributed by atoms with Gasteiger partial charge in [0.15, 0.2) is 6.04 Å². The van der Waals surface area contributed by atoms with E-state index in [-0.39, 0.29) is 0 Å². The minimum Gasteiger partial charge on any atom is -0.313 e. The van der Waals surface area contributed by atoms with Gasteiger partial charge in [-0.05, 0) is 12.1 Å². The van der Waals surface area contributed by atoms with Crippen LogP contribution in [0.5, 0.6) is 0 Å². The lowest BCUT2D eigenvalue weighted by atomic mass is 10.2. The third-order valence-electron chi connectivity index (χ3n) is 1.68. The first-order valence-corrected chi connectivity index (χ1v) is 4.27. The van der Waals surface area contributed by atoms with Crippen molar-refractivity contribution in [2.45, 2.75) is 12.1 Å². The van der Waals surface area contributed by atoms with Crippen LogP contribution in [0, 0.1) is 22.7 Å². The van der Waals surface area contributed by atoms with E-state index >= 15 is 0 Å². The molecule has 5 nitrogen and oxygen atoms in total. The van der Waals surface area contributed by atoms with Crippen LogP contribution in [-0.4, -0.2) is 23.3 Å². The Kier molecular flexibility index (Phi) is 3.96. The third-order valence-corrected chi connectivity index (χ3v) is 1.68. The topological polar surface area (TPSA) is 98.8 Å². The van der Waals surface area contributed by atoms with Gasteiger partial charge in [-0.3, -0.25) is 9.98 Å². The van der Waals surface area contributed by atoms with E-state index in [1.807, 2.05) is 6.07 Å². The highest BCUT2D eigenvalue weighted by Gasteiger charge is 2.13. The number of rotatable bonds is 3. The van der Waals surface area contributed by atoms with Crippen LogP contribution in [-0.2, 0) is 0 Å². The summed E-state index contributed by atoms with van der Waals surface area (Å²) in [5.74, 6) is 0. The van der Waals surface area contributed by atoms with Crippen molar-refractivity contribution in [3.05, 3.63) is 30.1 Å². The van der Waals surface area contributed by atoms with Gasteiger partial charge in [0.2, 0.25) is 0 Å². The molecule has 0 saturated carbocycles. The summed E-state index contributed by atoms with van der Waals surface area (Å²) in [5.41, 5.74) is 6.00. The van der Waals surface area contributed by atoms with Gasteiger partial charge in [0, 0.05) is 12.4 Å². The van der Waals surface area contributed by atoms with E-state index in [1.54, 1.807) is 30.5 Å². The van der Waals surface area contributed by atoms with Crippen LogP contribution in [0.15, 0.2) is 29.4 Å². The number of nitriles is 2. The summed E-state index contributed by atoms with van der Waals surface area (Å²) < 4.78 is 0. The molecule has 0 spiro atoms. The first kappa shape index (κ1) is 10.8. The summed E-state index contributed by atoms with van der Waals surface area (Å²) in [5, 5.41) is 17.2. The Hall–Kier alpha value is -2.24. The van der Waals surface area contributed by atoms with Gasteiger partial charge in [0.1, 0.15) is 6.04 Å². The second kappa shape index (κ2) is 5.48. The molecule has 0 radical (unpaired) electrons. The fourth-order valence-electron chi connectivity index (χ4n) is 0.886. The molecule has 0 amide bonds. The SMILES string of the molecule is N#CC(N)C(C#N)/N=C/c1ccccn1. The number of hydrogen-bond acceptors (Lipinski definition) is 5. The van der Waals surface area contributed by atoms with Crippen LogP contribution in [0.3, 0.4) is 0 Å². The summed E-state index contributed by atoms with van der Waals surface area (Å²) in [6.45, 7) is 0. The molecule has 1 heterocycles. The van der Waals surface area contributed by atoms with Crippen LogP contribution in [0.2, 0.25) is 0 Å². The summed E-state index contributed by atoms with van der Waals surface area (Å²) >= 11 is 0. The Bertz CT molecular complexity index is 412. The van der Waals surface area contributed by atoms with E-state index in [0.717, 1.165) is 0 Å². The largest absolute Gasteiger partial charge is 0.313 e. The van der Waals surface area contributed by atoms with Crippen LogP contribution in [0.25, 0.3) is 0 Å². The normalized spacial score (nSPS) is 14.1. The Morgan fingerprint density at radius 1 is 1.40 bits per heavy atom. The summed E-state index contributed by atoms with van der Waals surface area (Å²) in [7, 11) is 0. The van der Waals surface area contributed by atoms with Crippen LogP contribution >= 0.6 is 0 Å². The van der Waals surface area contributed by atoms with Gasteiger partial charge in [-0.25, -0.2) is 0 Å². The molecule has 74 valence electrons. The first-order valence-electron chi connectivity index (χ1n) is 4.27. The fourth-order valence-corrected chi connectivity index (χ4v) is 0.886. The van der Waals surface area contributed by atoms with E-state index < -0.39 is 12.1 Å². The third kappa shape index (κ3) is 3.18.